The first-order valence-corrected chi connectivity index (χ1v) is 6.23. The van der Waals surface area contributed by atoms with E-state index >= 15 is 0 Å². The van der Waals surface area contributed by atoms with E-state index < -0.39 is 0 Å². The zero-order chi connectivity index (χ0) is 10.6. The summed E-state index contributed by atoms with van der Waals surface area (Å²) in [5.41, 5.74) is 0.502. The van der Waals surface area contributed by atoms with Crippen molar-refractivity contribution >= 4 is 0 Å². The topological polar surface area (TPSA) is 3.24 Å². The molecule has 1 rings (SSSR count). The molecule has 0 unspecified atom stereocenters. The molecule has 1 fully saturated rings. The van der Waals surface area contributed by atoms with Crippen LogP contribution in [0.5, 0.6) is 0 Å². The molecular formula is C13H27N. The summed E-state index contributed by atoms with van der Waals surface area (Å²) >= 11 is 0. The number of rotatable bonds is 3. The van der Waals surface area contributed by atoms with Crippen LogP contribution in [0.3, 0.4) is 0 Å². The Hall–Kier alpha value is -0.0400. The summed E-state index contributed by atoms with van der Waals surface area (Å²) in [5.74, 6) is 1.01. The van der Waals surface area contributed by atoms with Crippen molar-refractivity contribution in [3.8, 4) is 0 Å². The van der Waals surface area contributed by atoms with Crippen molar-refractivity contribution in [1.29, 1.82) is 0 Å². The Bertz CT molecular complexity index is 149. The van der Waals surface area contributed by atoms with Crippen molar-refractivity contribution in [2.45, 2.75) is 53.4 Å². The van der Waals surface area contributed by atoms with E-state index in [1.807, 2.05) is 0 Å². The van der Waals surface area contributed by atoms with Crippen LogP contribution < -0.4 is 0 Å². The van der Waals surface area contributed by atoms with Crippen LogP contribution in [0.2, 0.25) is 0 Å². The second kappa shape index (κ2) is 5.16. The first kappa shape index (κ1) is 12.0. The first-order valence-electron chi connectivity index (χ1n) is 6.23. The van der Waals surface area contributed by atoms with Gasteiger partial charge in [0.15, 0.2) is 0 Å². The summed E-state index contributed by atoms with van der Waals surface area (Å²) in [6, 6.07) is 0. The number of likely N-dealkylation sites (tertiary alicyclic amines) is 1. The number of piperidine rings is 1. The second-order valence-electron chi connectivity index (χ2n) is 6.00. The number of nitrogens with zero attached hydrogens (tertiary/aromatic N) is 1. The highest BCUT2D eigenvalue weighted by Crippen LogP contribution is 2.23. The maximum atomic E-state index is 2.65. The van der Waals surface area contributed by atoms with Crippen LogP contribution in [-0.2, 0) is 0 Å². The lowest BCUT2D eigenvalue weighted by molar-refractivity contribution is 0.161. The molecule has 0 aromatic rings. The lowest BCUT2D eigenvalue weighted by Gasteiger charge is -2.33. The summed E-state index contributed by atoms with van der Waals surface area (Å²) in [7, 11) is 0. The highest BCUT2D eigenvalue weighted by molar-refractivity contribution is 4.73. The van der Waals surface area contributed by atoms with Gasteiger partial charge in [-0.25, -0.2) is 0 Å². The van der Waals surface area contributed by atoms with E-state index in [2.05, 4.69) is 32.6 Å². The molecule has 0 amide bonds. The van der Waals surface area contributed by atoms with E-state index in [0.29, 0.717) is 5.41 Å². The second-order valence-corrected chi connectivity index (χ2v) is 6.00. The highest BCUT2D eigenvalue weighted by atomic mass is 15.1. The van der Waals surface area contributed by atoms with Crippen LogP contribution >= 0.6 is 0 Å². The Morgan fingerprint density at radius 2 is 1.71 bits per heavy atom. The van der Waals surface area contributed by atoms with Gasteiger partial charge in [-0.1, -0.05) is 34.1 Å². The monoisotopic (exact) mass is 197 g/mol. The first-order chi connectivity index (χ1) is 6.51. The summed E-state index contributed by atoms with van der Waals surface area (Å²) in [6.07, 6.45) is 5.58. The van der Waals surface area contributed by atoms with Gasteiger partial charge in [-0.2, -0.15) is 0 Å². The molecule has 1 aliphatic rings. The van der Waals surface area contributed by atoms with Crippen LogP contribution in [0.25, 0.3) is 0 Å². The quantitative estimate of drug-likeness (QED) is 0.669. The number of hydrogen-bond donors (Lipinski definition) is 0. The summed E-state index contributed by atoms with van der Waals surface area (Å²) in [6.45, 7) is 13.3. The predicted octanol–water partition coefficient (Wildman–Crippen LogP) is 3.54. The fourth-order valence-electron chi connectivity index (χ4n) is 2.11. The van der Waals surface area contributed by atoms with E-state index in [9.17, 15) is 0 Å². The Morgan fingerprint density at radius 1 is 1.14 bits per heavy atom. The summed E-state index contributed by atoms with van der Waals surface area (Å²) < 4.78 is 0. The Labute approximate surface area is 89.9 Å². The molecule has 1 heteroatoms. The van der Waals surface area contributed by atoms with Crippen molar-refractivity contribution in [2.24, 2.45) is 11.3 Å². The smallest absolute Gasteiger partial charge is 0.00137 e. The summed E-state index contributed by atoms with van der Waals surface area (Å²) in [4.78, 5) is 2.65. The molecule has 0 bridgehead atoms. The van der Waals surface area contributed by atoms with Crippen LogP contribution in [0.15, 0.2) is 0 Å². The Balaban J connectivity index is 2.16. The zero-order valence-electron chi connectivity index (χ0n) is 10.5. The lowest BCUT2D eigenvalue weighted by atomic mass is 9.90. The van der Waals surface area contributed by atoms with E-state index in [0.717, 1.165) is 5.92 Å². The molecule has 0 spiro atoms. The SMILES string of the molecule is CCC1CCN(CCC(C)(C)C)CC1. The van der Waals surface area contributed by atoms with E-state index in [-0.39, 0.29) is 0 Å². The highest BCUT2D eigenvalue weighted by Gasteiger charge is 2.19. The van der Waals surface area contributed by atoms with Gasteiger partial charge in [0.05, 0.1) is 0 Å². The predicted molar refractivity (Wildman–Crippen MR) is 63.5 cm³/mol. The molecule has 1 nitrogen and oxygen atoms in total. The third-order valence-corrected chi connectivity index (χ3v) is 3.46. The molecule has 1 saturated heterocycles. The molecule has 1 heterocycles. The molecule has 0 saturated carbocycles. The van der Waals surface area contributed by atoms with Crippen molar-refractivity contribution in [3.63, 3.8) is 0 Å². The zero-order valence-corrected chi connectivity index (χ0v) is 10.5. The average Bonchev–Trinajstić information content (AvgIpc) is 2.14. The molecule has 0 radical (unpaired) electrons. The van der Waals surface area contributed by atoms with Gasteiger partial charge < -0.3 is 4.90 Å². The van der Waals surface area contributed by atoms with Gasteiger partial charge in [0.2, 0.25) is 0 Å². The van der Waals surface area contributed by atoms with E-state index in [1.54, 1.807) is 0 Å². The van der Waals surface area contributed by atoms with Crippen LogP contribution in [-0.4, -0.2) is 24.5 Å². The third-order valence-electron chi connectivity index (χ3n) is 3.46. The van der Waals surface area contributed by atoms with Crippen LogP contribution in [0, 0.1) is 11.3 Å². The van der Waals surface area contributed by atoms with Gasteiger partial charge >= 0.3 is 0 Å². The van der Waals surface area contributed by atoms with Crippen molar-refractivity contribution in [1.82, 2.24) is 4.90 Å². The molecule has 0 aromatic carbocycles. The lowest BCUT2D eigenvalue weighted by Crippen LogP contribution is -2.35. The number of hydrogen-bond acceptors (Lipinski definition) is 1. The maximum Gasteiger partial charge on any atom is -0.00137 e. The largest absolute Gasteiger partial charge is 0.303 e. The van der Waals surface area contributed by atoms with E-state index in [1.165, 1.54) is 45.3 Å². The van der Waals surface area contributed by atoms with Crippen LogP contribution in [0.1, 0.15) is 53.4 Å². The molecule has 84 valence electrons. The minimum Gasteiger partial charge on any atom is -0.303 e. The van der Waals surface area contributed by atoms with Crippen molar-refractivity contribution in [3.05, 3.63) is 0 Å². The van der Waals surface area contributed by atoms with Gasteiger partial charge in [0.25, 0.3) is 0 Å². The maximum absolute atomic E-state index is 2.65. The minimum absolute atomic E-state index is 0.502. The van der Waals surface area contributed by atoms with Gasteiger partial charge in [-0.05, 0) is 50.2 Å². The molecule has 0 atom stereocenters. The standard InChI is InChI=1S/C13H27N/c1-5-12-6-9-14(10-7-12)11-8-13(2,3)4/h12H,5-11H2,1-4H3. The van der Waals surface area contributed by atoms with Crippen LogP contribution in [0.4, 0.5) is 0 Å². The van der Waals surface area contributed by atoms with Crippen molar-refractivity contribution < 1.29 is 0 Å². The van der Waals surface area contributed by atoms with Gasteiger partial charge in [0.1, 0.15) is 0 Å². The normalized spacial score (nSPS) is 21.4. The average molecular weight is 197 g/mol. The molecule has 0 aromatic heterocycles. The molecule has 14 heavy (non-hydrogen) atoms. The molecule has 1 aliphatic heterocycles. The Kier molecular flexibility index (Phi) is 4.43. The fraction of sp³-hybridized carbons (Fsp3) is 1.00. The Morgan fingerprint density at radius 3 is 2.14 bits per heavy atom. The van der Waals surface area contributed by atoms with Gasteiger partial charge in [-0.15, -0.1) is 0 Å². The third kappa shape index (κ3) is 4.45. The van der Waals surface area contributed by atoms with Crippen molar-refractivity contribution in [2.75, 3.05) is 19.6 Å². The summed E-state index contributed by atoms with van der Waals surface area (Å²) in [5, 5.41) is 0. The molecule has 0 N–H and O–H groups in total. The van der Waals surface area contributed by atoms with Gasteiger partial charge in [0, 0.05) is 0 Å². The molecular weight excluding hydrogens is 170 g/mol. The fourth-order valence-corrected chi connectivity index (χ4v) is 2.11. The molecule has 0 aliphatic carbocycles. The minimum atomic E-state index is 0.502. The van der Waals surface area contributed by atoms with Gasteiger partial charge in [-0.3, -0.25) is 0 Å². The van der Waals surface area contributed by atoms with E-state index in [4.69, 9.17) is 0 Å².